The van der Waals surface area contributed by atoms with E-state index in [0.717, 1.165) is 23.9 Å². The number of hydrogen-bond acceptors (Lipinski definition) is 3. The molecule has 2 heterocycles. The molecule has 0 bridgehead atoms. The van der Waals surface area contributed by atoms with Crippen LogP contribution in [0.3, 0.4) is 0 Å². The van der Waals surface area contributed by atoms with Gasteiger partial charge in [0.25, 0.3) is 0 Å². The molecule has 0 saturated carbocycles. The van der Waals surface area contributed by atoms with E-state index in [2.05, 4.69) is 31.1 Å². The summed E-state index contributed by atoms with van der Waals surface area (Å²) in [5.41, 5.74) is 4.94. The molecule has 0 spiro atoms. The minimum atomic E-state index is 0.260. The molecule has 2 aromatic rings. The third-order valence-electron chi connectivity index (χ3n) is 4.42. The summed E-state index contributed by atoms with van der Waals surface area (Å²) in [6.07, 6.45) is 8.07. The number of aromatic nitrogens is 2. The Balaban J connectivity index is 2.07. The molecule has 0 fully saturated rings. The second-order valence-corrected chi connectivity index (χ2v) is 6.70. The number of fused-ring (bicyclic) bond motifs is 1. The monoisotopic (exact) mass is 291 g/mol. The fourth-order valence-electron chi connectivity index (χ4n) is 3.33. The first-order valence-corrected chi connectivity index (χ1v) is 7.61. The Hall–Kier alpha value is -2.22. The molecule has 3 rings (SSSR count). The van der Waals surface area contributed by atoms with E-state index in [0.29, 0.717) is 5.82 Å². The summed E-state index contributed by atoms with van der Waals surface area (Å²) in [4.78, 5) is 4.44. The van der Waals surface area contributed by atoms with Crippen molar-refractivity contribution in [3.8, 4) is 6.19 Å². The molecule has 0 aromatic carbocycles. The fourth-order valence-corrected chi connectivity index (χ4v) is 3.33. The highest BCUT2D eigenvalue weighted by molar-refractivity contribution is 6.52. The molecule has 22 heavy (non-hydrogen) atoms. The van der Waals surface area contributed by atoms with Crippen molar-refractivity contribution in [2.24, 2.45) is 5.41 Å². The Bertz CT molecular complexity index is 755. The summed E-state index contributed by atoms with van der Waals surface area (Å²) >= 11 is 0. The molecule has 1 aliphatic rings. The third kappa shape index (κ3) is 2.29. The van der Waals surface area contributed by atoms with E-state index in [1.807, 2.05) is 38.0 Å². The minimum absolute atomic E-state index is 0.260. The number of pyridine rings is 1. The fraction of sp³-hybridized carbons (Fsp3) is 0.412. The van der Waals surface area contributed by atoms with Crippen molar-refractivity contribution in [1.29, 1.82) is 5.26 Å². The first-order valence-electron chi connectivity index (χ1n) is 7.61. The van der Waals surface area contributed by atoms with Crippen LogP contribution < -0.4 is 10.5 Å². The molecule has 1 aliphatic carbocycles. The summed E-state index contributed by atoms with van der Waals surface area (Å²) in [6, 6.07) is 4.09. The van der Waals surface area contributed by atoms with Crippen molar-refractivity contribution in [3.63, 3.8) is 0 Å². The van der Waals surface area contributed by atoms with Crippen molar-refractivity contribution in [2.75, 3.05) is 5.01 Å². The van der Waals surface area contributed by atoms with Gasteiger partial charge in [-0.1, -0.05) is 26.1 Å². The van der Waals surface area contributed by atoms with Crippen LogP contribution in [0.1, 0.15) is 30.7 Å². The molecule has 5 heteroatoms. The van der Waals surface area contributed by atoms with E-state index in [1.54, 1.807) is 11.2 Å². The lowest BCUT2D eigenvalue weighted by Crippen LogP contribution is -2.30. The van der Waals surface area contributed by atoms with Crippen molar-refractivity contribution >= 4 is 18.6 Å². The van der Waals surface area contributed by atoms with Gasteiger partial charge in [0.05, 0.1) is 0 Å². The Morgan fingerprint density at radius 1 is 1.36 bits per heavy atom. The van der Waals surface area contributed by atoms with Crippen molar-refractivity contribution in [2.45, 2.75) is 40.4 Å². The molecule has 0 amide bonds. The van der Waals surface area contributed by atoms with Gasteiger partial charge in [0, 0.05) is 18.1 Å². The number of anilines is 1. The lowest BCUT2D eigenvalue weighted by Gasteiger charge is -2.23. The molecule has 0 unspecified atom stereocenters. The molecule has 0 aliphatic heterocycles. The molecule has 1 radical (unpaired) electrons. The van der Waals surface area contributed by atoms with Crippen LogP contribution in [0.25, 0.3) is 0 Å². The van der Waals surface area contributed by atoms with Crippen LogP contribution in [-0.2, 0) is 12.8 Å². The van der Waals surface area contributed by atoms with Crippen LogP contribution >= 0.6 is 0 Å². The van der Waals surface area contributed by atoms with Crippen molar-refractivity contribution < 1.29 is 0 Å². The van der Waals surface area contributed by atoms with Gasteiger partial charge < -0.3 is 0 Å². The second-order valence-electron chi connectivity index (χ2n) is 6.70. The highest BCUT2D eigenvalue weighted by Crippen LogP contribution is 2.37. The largest absolute Gasteiger partial charge is 0.250 e. The smallest absolute Gasteiger partial charge is 0.207 e. The molecular formula is C17H20BN4. The number of nitriles is 1. The maximum atomic E-state index is 9.71. The average molecular weight is 291 g/mol. The summed E-state index contributed by atoms with van der Waals surface area (Å²) < 4.78 is 1.96. The zero-order valence-electron chi connectivity index (χ0n) is 13.6. The molecular weight excluding hydrogens is 271 g/mol. The van der Waals surface area contributed by atoms with E-state index >= 15 is 0 Å². The molecule has 2 aromatic heterocycles. The van der Waals surface area contributed by atoms with Crippen LogP contribution in [0, 0.1) is 23.8 Å². The quantitative estimate of drug-likeness (QED) is 0.495. The van der Waals surface area contributed by atoms with Gasteiger partial charge in [-0.3, -0.25) is 0 Å². The molecule has 0 N–H and O–H groups in total. The lowest BCUT2D eigenvalue weighted by molar-refractivity contribution is 0.386. The minimum Gasteiger partial charge on any atom is -0.250 e. The Kier molecular flexibility index (Phi) is 3.48. The number of rotatable bonds is 3. The molecule has 4 nitrogen and oxygen atoms in total. The zero-order chi connectivity index (χ0) is 15.9. The normalized spacial score (nSPS) is 15.2. The van der Waals surface area contributed by atoms with Gasteiger partial charge in [0.2, 0.25) is 6.19 Å². The van der Waals surface area contributed by atoms with E-state index in [4.69, 9.17) is 0 Å². The van der Waals surface area contributed by atoms with Crippen molar-refractivity contribution in [1.82, 2.24) is 9.66 Å². The summed E-state index contributed by atoms with van der Waals surface area (Å²) in [6.45, 7) is 8.54. The maximum absolute atomic E-state index is 9.71. The van der Waals surface area contributed by atoms with Gasteiger partial charge in [-0.15, -0.1) is 0 Å². The SMILES string of the molecule is C[B]c1ccnc(N(C#N)n2ccc3c2CC(C)(C)C3)c1C. The van der Waals surface area contributed by atoms with Crippen LogP contribution in [0.2, 0.25) is 6.82 Å². The lowest BCUT2D eigenvalue weighted by atomic mass is 9.71. The highest BCUT2D eigenvalue weighted by Gasteiger charge is 2.32. The Morgan fingerprint density at radius 2 is 2.14 bits per heavy atom. The standard InChI is InChI=1S/C17H20BN4/c1-12-14(18-4)5-7-20-16(12)22(11-19)21-8-6-13-9-17(2,3)10-15(13)21/h5-8H,9-10H2,1-4H3. The number of nitrogens with zero attached hydrogens (tertiary/aromatic N) is 4. The van der Waals surface area contributed by atoms with E-state index in [9.17, 15) is 5.26 Å². The first kappa shape index (κ1) is 14.7. The van der Waals surface area contributed by atoms with E-state index in [-0.39, 0.29) is 5.41 Å². The molecule has 0 saturated heterocycles. The zero-order valence-corrected chi connectivity index (χ0v) is 13.6. The predicted octanol–water partition coefficient (Wildman–Crippen LogP) is 2.44. The molecule has 0 atom stereocenters. The van der Waals surface area contributed by atoms with Crippen LogP contribution in [0.15, 0.2) is 24.5 Å². The van der Waals surface area contributed by atoms with E-state index in [1.165, 1.54) is 11.3 Å². The van der Waals surface area contributed by atoms with Gasteiger partial charge in [0.1, 0.15) is 7.28 Å². The van der Waals surface area contributed by atoms with Gasteiger partial charge in [-0.2, -0.15) is 10.3 Å². The topological polar surface area (TPSA) is 44.9 Å². The Morgan fingerprint density at radius 3 is 2.82 bits per heavy atom. The summed E-state index contributed by atoms with van der Waals surface area (Å²) in [5.74, 6) is 0.696. The maximum Gasteiger partial charge on any atom is 0.207 e. The van der Waals surface area contributed by atoms with Crippen LogP contribution in [0.5, 0.6) is 0 Å². The van der Waals surface area contributed by atoms with E-state index < -0.39 is 0 Å². The average Bonchev–Trinajstić information content (AvgIpc) is 2.97. The van der Waals surface area contributed by atoms with Gasteiger partial charge >= 0.3 is 0 Å². The predicted molar refractivity (Wildman–Crippen MR) is 89.3 cm³/mol. The first-order chi connectivity index (χ1) is 10.5. The second kappa shape index (κ2) is 5.21. The summed E-state index contributed by atoms with van der Waals surface area (Å²) in [5, 5.41) is 11.3. The van der Waals surface area contributed by atoms with Gasteiger partial charge in [-0.25, -0.2) is 9.66 Å². The molecule has 111 valence electrons. The van der Waals surface area contributed by atoms with Crippen molar-refractivity contribution in [3.05, 3.63) is 41.3 Å². The van der Waals surface area contributed by atoms with Crippen LogP contribution in [-0.4, -0.2) is 16.9 Å². The Labute approximate surface area is 132 Å². The number of hydrogen-bond donors (Lipinski definition) is 0. The van der Waals surface area contributed by atoms with Gasteiger partial charge in [-0.05, 0) is 48.4 Å². The van der Waals surface area contributed by atoms with Gasteiger partial charge in [0.15, 0.2) is 5.82 Å². The van der Waals surface area contributed by atoms with Crippen LogP contribution in [0.4, 0.5) is 5.82 Å². The summed E-state index contributed by atoms with van der Waals surface area (Å²) in [7, 11) is 2.04. The third-order valence-corrected chi connectivity index (χ3v) is 4.42. The highest BCUT2D eigenvalue weighted by atomic mass is 15.6.